The standard InChI is InChI=1S/C14H15NO/c15-14-8-6-13(7-9-14)11-16-10-12-4-2-1-3-5-12/h1-9H,10-11,15H2. The number of benzene rings is 2. The van der Waals surface area contributed by atoms with Gasteiger partial charge in [-0.05, 0) is 23.3 Å². The molecule has 0 aliphatic rings. The Labute approximate surface area is 95.7 Å². The summed E-state index contributed by atoms with van der Waals surface area (Å²) in [5.41, 5.74) is 8.73. The molecule has 0 aliphatic heterocycles. The van der Waals surface area contributed by atoms with E-state index in [1.54, 1.807) is 0 Å². The van der Waals surface area contributed by atoms with E-state index in [1.165, 1.54) is 5.56 Å². The van der Waals surface area contributed by atoms with Crippen molar-refractivity contribution in [2.75, 3.05) is 5.73 Å². The van der Waals surface area contributed by atoms with Gasteiger partial charge >= 0.3 is 0 Å². The third-order valence-electron chi connectivity index (χ3n) is 2.36. The van der Waals surface area contributed by atoms with E-state index < -0.39 is 0 Å². The van der Waals surface area contributed by atoms with Crippen LogP contribution in [0.1, 0.15) is 11.1 Å². The van der Waals surface area contributed by atoms with E-state index >= 15 is 0 Å². The molecule has 0 atom stereocenters. The van der Waals surface area contributed by atoms with Crippen molar-refractivity contribution < 1.29 is 4.74 Å². The van der Waals surface area contributed by atoms with Crippen molar-refractivity contribution >= 4 is 5.69 Å². The third kappa shape index (κ3) is 3.11. The molecule has 2 nitrogen and oxygen atoms in total. The van der Waals surface area contributed by atoms with E-state index in [1.807, 2.05) is 42.5 Å². The highest BCUT2D eigenvalue weighted by atomic mass is 16.5. The van der Waals surface area contributed by atoms with Gasteiger partial charge in [-0.25, -0.2) is 0 Å². The topological polar surface area (TPSA) is 35.2 Å². The summed E-state index contributed by atoms with van der Waals surface area (Å²) in [7, 11) is 0. The van der Waals surface area contributed by atoms with Crippen molar-refractivity contribution in [1.29, 1.82) is 0 Å². The van der Waals surface area contributed by atoms with Crippen molar-refractivity contribution in [2.45, 2.75) is 13.2 Å². The third-order valence-corrected chi connectivity index (χ3v) is 2.36. The van der Waals surface area contributed by atoms with Gasteiger partial charge < -0.3 is 10.5 Å². The second kappa shape index (κ2) is 5.33. The zero-order valence-electron chi connectivity index (χ0n) is 9.10. The first kappa shape index (κ1) is 10.7. The maximum absolute atomic E-state index is 5.61. The first-order valence-electron chi connectivity index (χ1n) is 5.31. The van der Waals surface area contributed by atoms with Crippen LogP contribution >= 0.6 is 0 Å². The molecule has 2 N–H and O–H groups in total. The molecule has 2 aromatic rings. The number of rotatable bonds is 4. The molecule has 2 rings (SSSR count). The van der Waals surface area contributed by atoms with Gasteiger partial charge in [0.1, 0.15) is 0 Å². The molecule has 0 fully saturated rings. The van der Waals surface area contributed by atoms with Crippen molar-refractivity contribution in [3.05, 3.63) is 65.7 Å². The van der Waals surface area contributed by atoms with Crippen LogP contribution in [0.25, 0.3) is 0 Å². The van der Waals surface area contributed by atoms with E-state index in [0.717, 1.165) is 11.3 Å². The lowest BCUT2D eigenvalue weighted by molar-refractivity contribution is 0.107. The summed E-state index contributed by atoms with van der Waals surface area (Å²) in [6.45, 7) is 1.26. The highest BCUT2D eigenvalue weighted by Gasteiger charge is 1.94. The predicted molar refractivity (Wildman–Crippen MR) is 65.8 cm³/mol. The Hall–Kier alpha value is -1.80. The summed E-state index contributed by atoms with van der Waals surface area (Å²) >= 11 is 0. The summed E-state index contributed by atoms with van der Waals surface area (Å²) < 4.78 is 5.60. The number of ether oxygens (including phenoxy) is 1. The Balaban J connectivity index is 1.82. The first-order chi connectivity index (χ1) is 7.84. The molecular formula is C14H15NO. The van der Waals surface area contributed by atoms with E-state index in [4.69, 9.17) is 10.5 Å². The van der Waals surface area contributed by atoms with Gasteiger partial charge in [-0.15, -0.1) is 0 Å². The molecule has 16 heavy (non-hydrogen) atoms. The second-order valence-electron chi connectivity index (χ2n) is 3.72. The minimum absolute atomic E-state index is 0.620. The molecule has 0 bridgehead atoms. The van der Waals surface area contributed by atoms with Crippen LogP contribution in [0, 0.1) is 0 Å². The van der Waals surface area contributed by atoms with E-state index in [2.05, 4.69) is 12.1 Å². The van der Waals surface area contributed by atoms with Crippen molar-refractivity contribution in [3.63, 3.8) is 0 Å². The Morgan fingerprint density at radius 2 is 1.31 bits per heavy atom. The lowest BCUT2D eigenvalue weighted by Gasteiger charge is -2.04. The quantitative estimate of drug-likeness (QED) is 0.792. The second-order valence-corrected chi connectivity index (χ2v) is 3.72. The summed E-state index contributed by atoms with van der Waals surface area (Å²) in [5, 5.41) is 0. The van der Waals surface area contributed by atoms with Crippen LogP contribution in [0.5, 0.6) is 0 Å². The fourth-order valence-electron chi connectivity index (χ4n) is 1.47. The van der Waals surface area contributed by atoms with Gasteiger partial charge in [-0.3, -0.25) is 0 Å². The zero-order chi connectivity index (χ0) is 11.2. The molecule has 2 heteroatoms. The molecule has 0 unspecified atom stereocenters. The summed E-state index contributed by atoms with van der Waals surface area (Å²) in [5.74, 6) is 0. The fraction of sp³-hybridized carbons (Fsp3) is 0.143. The average molecular weight is 213 g/mol. The monoisotopic (exact) mass is 213 g/mol. The number of hydrogen-bond donors (Lipinski definition) is 1. The molecule has 2 aromatic carbocycles. The Morgan fingerprint density at radius 1 is 0.750 bits per heavy atom. The number of hydrogen-bond acceptors (Lipinski definition) is 2. The first-order valence-corrected chi connectivity index (χ1v) is 5.31. The molecule has 82 valence electrons. The van der Waals surface area contributed by atoms with E-state index in [-0.39, 0.29) is 0 Å². The predicted octanol–water partition coefficient (Wildman–Crippen LogP) is 2.99. The Kier molecular flexibility index (Phi) is 3.57. The molecule has 0 amide bonds. The van der Waals surface area contributed by atoms with Gasteiger partial charge in [0.2, 0.25) is 0 Å². The molecule has 0 saturated heterocycles. The molecule has 0 aliphatic carbocycles. The summed E-state index contributed by atoms with van der Waals surface area (Å²) in [6, 6.07) is 17.9. The number of nitrogens with two attached hydrogens (primary N) is 1. The zero-order valence-corrected chi connectivity index (χ0v) is 9.10. The maximum atomic E-state index is 5.61. The van der Waals surface area contributed by atoms with Crippen LogP contribution in [0.4, 0.5) is 5.69 Å². The Bertz CT molecular complexity index is 422. The molecule has 0 saturated carbocycles. The van der Waals surface area contributed by atoms with E-state index in [0.29, 0.717) is 13.2 Å². The lowest BCUT2D eigenvalue weighted by Crippen LogP contribution is -1.94. The Morgan fingerprint density at radius 3 is 1.94 bits per heavy atom. The highest BCUT2D eigenvalue weighted by Crippen LogP contribution is 2.08. The summed E-state index contributed by atoms with van der Waals surface area (Å²) in [6.07, 6.45) is 0. The smallest absolute Gasteiger partial charge is 0.0721 e. The minimum atomic E-state index is 0.620. The van der Waals surface area contributed by atoms with Crippen molar-refractivity contribution in [2.24, 2.45) is 0 Å². The van der Waals surface area contributed by atoms with Gasteiger partial charge in [-0.1, -0.05) is 42.5 Å². The maximum Gasteiger partial charge on any atom is 0.0721 e. The largest absolute Gasteiger partial charge is 0.399 e. The van der Waals surface area contributed by atoms with Crippen LogP contribution < -0.4 is 5.73 Å². The van der Waals surface area contributed by atoms with Gasteiger partial charge in [0.15, 0.2) is 0 Å². The molecule has 0 aromatic heterocycles. The van der Waals surface area contributed by atoms with Crippen molar-refractivity contribution in [1.82, 2.24) is 0 Å². The van der Waals surface area contributed by atoms with E-state index in [9.17, 15) is 0 Å². The molecule has 0 radical (unpaired) electrons. The normalized spacial score (nSPS) is 10.2. The fourth-order valence-corrected chi connectivity index (χ4v) is 1.47. The van der Waals surface area contributed by atoms with Crippen LogP contribution in [0.2, 0.25) is 0 Å². The SMILES string of the molecule is Nc1ccc(COCc2ccccc2)cc1. The molecular weight excluding hydrogens is 198 g/mol. The average Bonchev–Trinajstić information content (AvgIpc) is 2.33. The lowest BCUT2D eigenvalue weighted by atomic mass is 10.2. The molecule has 0 heterocycles. The highest BCUT2D eigenvalue weighted by molar-refractivity contribution is 5.39. The van der Waals surface area contributed by atoms with Crippen molar-refractivity contribution in [3.8, 4) is 0 Å². The van der Waals surface area contributed by atoms with Gasteiger partial charge in [0.25, 0.3) is 0 Å². The van der Waals surface area contributed by atoms with Gasteiger partial charge in [0.05, 0.1) is 13.2 Å². The van der Waals surface area contributed by atoms with Crippen LogP contribution in [0.15, 0.2) is 54.6 Å². The van der Waals surface area contributed by atoms with Crippen LogP contribution in [-0.4, -0.2) is 0 Å². The number of anilines is 1. The van der Waals surface area contributed by atoms with Gasteiger partial charge in [0, 0.05) is 5.69 Å². The molecule has 0 spiro atoms. The minimum Gasteiger partial charge on any atom is -0.399 e. The summed E-state index contributed by atoms with van der Waals surface area (Å²) in [4.78, 5) is 0. The van der Waals surface area contributed by atoms with Gasteiger partial charge in [-0.2, -0.15) is 0 Å². The number of nitrogen functional groups attached to an aromatic ring is 1. The van der Waals surface area contributed by atoms with Crippen LogP contribution in [0.3, 0.4) is 0 Å². The van der Waals surface area contributed by atoms with Crippen LogP contribution in [-0.2, 0) is 18.0 Å².